The summed E-state index contributed by atoms with van der Waals surface area (Å²) in [7, 11) is -1.48. The molecular formula is C33H42FN3O6S. The van der Waals surface area contributed by atoms with Crippen LogP contribution in [0.2, 0.25) is 0 Å². The number of ether oxygens (including phenoxy) is 2. The van der Waals surface area contributed by atoms with Crippen LogP contribution >= 0.6 is 0 Å². The quantitative estimate of drug-likeness (QED) is 0.289. The molecule has 0 aromatic heterocycles. The molecule has 0 aliphatic rings. The van der Waals surface area contributed by atoms with E-state index in [4.69, 9.17) is 9.47 Å². The van der Waals surface area contributed by atoms with Gasteiger partial charge in [0.05, 0.1) is 24.8 Å². The molecule has 0 bridgehead atoms. The molecule has 0 aliphatic heterocycles. The molecule has 0 radical (unpaired) electrons. The van der Waals surface area contributed by atoms with Crippen molar-refractivity contribution in [1.82, 2.24) is 10.2 Å². The van der Waals surface area contributed by atoms with Gasteiger partial charge in [0.2, 0.25) is 11.8 Å². The summed E-state index contributed by atoms with van der Waals surface area (Å²) in [6.07, 6.45) is 0.265. The Hall–Kier alpha value is -4.12. The highest BCUT2D eigenvalue weighted by atomic mass is 32.2. The van der Waals surface area contributed by atoms with Crippen LogP contribution < -0.4 is 19.1 Å². The number of benzene rings is 3. The number of sulfonamides is 1. The maximum atomic E-state index is 14.3. The van der Waals surface area contributed by atoms with Gasteiger partial charge in [0, 0.05) is 18.2 Å². The molecule has 44 heavy (non-hydrogen) atoms. The third-order valence-electron chi connectivity index (χ3n) is 6.87. The lowest BCUT2D eigenvalue weighted by Gasteiger charge is -2.35. The van der Waals surface area contributed by atoms with Crippen molar-refractivity contribution < 1.29 is 31.9 Å². The number of hydrogen-bond acceptors (Lipinski definition) is 6. The fourth-order valence-corrected chi connectivity index (χ4v) is 6.30. The molecule has 11 heteroatoms. The van der Waals surface area contributed by atoms with Gasteiger partial charge in [-0.15, -0.1) is 0 Å². The molecule has 0 heterocycles. The molecule has 0 aliphatic carbocycles. The zero-order chi connectivity index (χ0) is 32.8. The second kappa shape index (κ2) is 14.1. The Kier molecular flexibility index (Phi) is 11.0. The maximum Gasteiger partial charge on any atom is 0.264 e. The first-order valence-corrected chi connectivity index (χ1v) is 15.7. The van der Waals surface area contributed by atoms with Gasteiger partial charge in [0.25, 0.3) is 10.0 Å². The third kappa shape index (κ3) is 8.49. The number of nitrogens with zero attached hydrogens (tertiary/aromatic N) is 2. The number of halogens is 1. The molecule has 9 nitrogen and oxygen atoms in total. The summed E-state index contributed by atoms with van der Waals surface area (Å²) in [5.41, 5.74) is 1.91. The van der Waals surface area contributed by atoms with Gasteiger partial charge in [-0.2, -0.15) is 0 Å². The first-order valence-electron chi connectivity index (χ1n) is 14.3. The number of carbonyl (C=O) groups excluding carboxylic acids is 2. The van der Waals surface area contributed by atoms with Gasteiger partial charge >= 0.3 is 0 Å². The largest absolute Gasteiger partial charge is 0.493 e. The van der Waals surface area contributed by atoms with Crippen LogP contribution in [0, 0.1) is 19.7 Å². The summed E-state index contributed by atoms with van der Waals surface area (Å²) in [5.74, 6) is -0.861. The molecular weight excluding hydrogens is 585 g/mol. The van der Waals surface area contributed by atoms with Gasteiger partial charge in [0.1, 0.15) is 18.4 Å². The molecule has 3 aromatic carbocycles. The minimum Gasteiger partial charge on any atom is -0.493 e. The van der Waals surface area contributed by atoms with Crippen LogP contribution in [0.4, 0.5) is 10.1 Å². The van der Waals surface area contributed by atoms with Crippen LogP contribution in [0.5, 0.6) is 11.5 Å². The van der Waals surface area contributed by atoms with Crippen molar-refractivity contribution in [2.75, 3.05) is 25.1 Å². The van der Waals surface area contributed by atoms with Crippen LogP contribution in [0.1, 0.15) is 50.8 Å². The lowest BCUT2D eigenvalue weighted by Crippen LogP contribution is -2.55. The first kappa shape index (κ1) is 34.4. The summed E-state index contributed by atoms with van der Waals surface area (Å²) in [6, 6.07) is 14.2. The fourth-order valence-electron chi connectivity index (χ4n) is 4.89. The molecule has 0 saturated carbocycles. The van der Waals surface area contributed by atoms with Gasteiger partial charge in [-0.3, -0.25) is 13.9 Å². The molecule has 1 N–H and O–H groups in total. The summed E-state index contributed by atoms with van der Waals surface area (Å²) in [5, 5.41) is 2.93. The van der Waals surface area contributed by atoms with E-state index >= 15 is 0 Å². The van der Waals surface area contributed by atoms with Crippen molar-refractivity contribution in [1.29, 1.82) is 0 Å². The van der Waals surface area contributed by atoms with E-state index in [9.17, 15) is 22.4 Å². The Morgan fingerprint density at radius 2 is 1.50 bits per heavy atom. The van der Waals surface area contributed by atoms with Gasteiger partial charge in [-0.05, 0) is 94.1 Å². The third-order valence-corrected chi connectivity index (χ3v) is 8.64. The number of anilines is 1. The fraction of sp³-hybridized carbons (Fsp3) is 0.394. The van der Waals surface area contributed by atoms with Crippen molar-refractivity contribution in [3.63, 3.8) is 0 Å². The summed E-state index contributed by atoms with van der Waals surface area (Å²) in [4.78, 5) is 29.0. The second-order valence-electron chi connectivity index (χ2n) is 11.7. The van der Waals surface area contributed by atoms with E-state index in [1.807, 2.05) is 40.7 Å². The van der Waals surface area contributed by atoms with Crippen molar-refractivity contribution in [3.8, 4) is 11.5 Å². The minimum absolute atomic E-state index is 0.0354. The van der Waals surface area contributed by atoms with Gasteiger partial charge < -0.3 is 19.7 Å². The number of amides is 2. The topological polar surface area (TPSA) is 105 Å². The zero-order valence-corrected chi connectivity index (χ0v) is 27.4. The van der Waals surface area contributed by atoms with Gasteiger partial charge in [-0.25, -0.2) is 12.8 Å². The molecule has 0 saturated heterocycles. The maximum absolute atomic E-state index is 14.3. The van der Waals surface area contributed by atoms with Crippen molar-refractivity contribution in [3.05, 3.63) is 83.2 Å². The van der Waals surface area contributed by atoms with Gasteiger partial charge in [0.15, 0.2) is 11.5 Å². The van der Waals surface area contributed by atoms with E-state index in [-0.39, 0.29) is 29.5 Å². The summed E-state index contributed by atoms with van der Waals surface area (Å²) >= 11 is 0. The summed E-state index contributed by atoms with van der Waals surface area (Å²) in [6.45, 7) is 10.3. The van der Waals surface area contributed by atoms with E-state index in [1.54, 1.807) is 19.1 Å². The monoisotopic (exact) mass is 627 g/mol. The standard InChI is InChI=1S/C33H42FN3O6S/c1-9-28(32(39)35-33(4,5)6)36(20-24-10-12-25(34)13-11-24)31(38)21-37(26-17-22(2)16-23(3)18-26)44(40,41)27-14-15-29(42-7)30(19-27)43-8/h10-19,28H,9,20-21H2,1-8H3,(H,35,39)/t28-/m1/s1. The first-order chi connectivity index (χ1) is 20.6. The Balaban J connectivity index is 2.14. The van der Waals surface area contributed by atoms with Crippen molar-refractivity contribution in [2.45, 2.75) is 71.0 Å². The van der Waals surface area contributed by atoms with Crippen LogP contribution in [-0.4, -0.2) is 57.5 Å². The van der Waals surface area contributed by atoms with Gasteiger partial charge in [-0.1, -0.05) is 25.1 Å². The van der Waals surface area contributed by atoms with Crippen LogP contribution in [0.3, 0.4) is 0 Å². The number of rotatable bonds is 12. The normalized spacial score (nSPS) is 12.3. The Morgan fingerprint density at radius 3 is 2.02 bits per heavy atom. The number of hydrogen-bond donors (Lipinski definition) is 1. The lowest BCUT2D eigenvalue weighted by atomic mass is 10.1. The predicted molar refractivity (Wildman–Crippen MR) is 169 cm³/mol. The molecule has 0 fully saturated rings. The molecule has 0 spiro atoms. The predicted octanol–water partition coefficient (Wildman–Crippen LogP) is 5.38. The molecule has 0 unspecified atom stereocenters. The highest BCUT2D eigenvalue weighted by Crippen LogP contribution is 2.33. The number of aryl methyl sites for hydroxylation is 2. The number of nitrogens with one attached hydrogen (secondary N) is 1. The van der Waals surface area contributed by atoms with Crippen LogP contribution in [0.15, 0.2) is 65.6 Å². The highest BCUT2D eigenvalue weighted by molar-refractivity contribution is 7.92. The van der Waals surface area contributed by atoms with E-state index in [0.717, 1.165) is 15.4 Å². The summed E-state index contributed by atoms with van der Waals surface area (Å²) < 4.78 is 53.9. The van der Waals surface area contributed by atoms with Crippen LogP contribution in [-0.2, 0) is 26.2 Å². The van der Waals surface area contributed by atoms with E-state index in [2.05, 4.69) is 5.32 Å². The SMILES string of the molecule is CC[C@H](C(=O)NC(C)(C)C)N(Cc1ccc(F)cc1)C(=O)CN(c1cc(C)cc(C)c1)S(=O)(=O)c1ccc(OC)c(OC)c1. The van der Waals surface area contributed by atoms with E-state index in [0.29, 0.717) is 17.0 Å². The van der Waals surface area contributed by atoms with E-state index in [1.165, 1.54) is 61.6 Å². The van der Waals surface area contributed by atoms with Crippen molar-refractivity contribution in [2.24, 2.45) is 0 Å². The smallest absolute Gasteiger partial charge is 0.264 e. The Bertz CT molecular complexity index is 1570. The zero-order valence-electron chi connectivity index (χ0n) is 26.6. The van der Waals surface area contributed by atoms with Crippen molar-refractivity contribution >= 4 is 27.5 Å². The number of carbonyl (C=O) groups is 2. The van der Waals surface area contributed by atoms with Crippen LogP contribution in [0.25, 0.3) is 0 Å². The molecule has 3 rings (SSSR count). The number of methoxy groups -OCH3 is 2. The Morgan fingerprint density at radius 1 is 0.909 bits per heavy atom. The molecule has 3 aromatic rings. The Labute approximate surface area is 260 Å². The van der Waals surface area contributed by atoms with E-state index < -0.39 is 39.9 Å². The average Bonchev–Trinajstić information content (AvgIpc) is 2.94. The molecule has 1 atom stereocenters. The average molecular weight is 628 g/mol. The second-order valence-corrected chi connectivity index (χ2v) is 13.5. The molecule has 2 amide bonds. The lowest BCUT2D eigenvalue weighted by molar-refractivity contribution is -0.141. The highest BCUT2D eigenvalue weighted by Gasteiger charge is 2.35. The molecule has 238 valence electrons. The minimum atomic E-state index is -4.33.